The van der Waals surface area contributed by atoms with Crippen LogP contribution in [-0.2, 0) is 4.79 Å². The van der Waals surface area contributed by atoms with E-state index in [0.717, 1.165) is 11.8 Å². The van der Waals surface area contributed by atoms with Crippen LogP contribution in [0.15, 0.2) is 12.2 Å². The molecule has 2 bridgehead atoms. The molecule has 0 radical (unpaired) electrons. The molecule has 3 rings (SSSR count). The van der Waals surface area contributed by atoms with Crippen molar-refractivity contribution < 1.29 is 4.79 Å². The standard InChI is InChI=1S/C13H18O/c14-13-10-6-7-11(13)12(8-10)9-4-2-1-3-5-9/h6-7,9-12H,1-5,8H2. The van der Waals surface area contributed by atoms with Crippen LogP contribution < -0.4 is 0 Å². The second-order valence-electron chi connectivity index (χ2n) is 5.22. The number of hydrogen-bond donors (Lipinski definition) is 0. The Morgan fingerprint density at radius 3 is 2.43 bits per heavy atom. The Morgan fingerprint density at radius 1 is 1.07 bits per heavy atom. The number of fused-ring (bicyclic) bond motifs is 2. The first-order chi connectivity index (χ1) is 6.86. The van der Waals surface area contributed by atoms with E-state index in [1.165, 1.54) is 38.5 Å². The highest BCUT2D eigenvalue weighted by atomic mass is 16.1. The largest absolute Gasteiger partial charge is 0.298 e. The molecule has 0 heterocycles. The van der Waals surface area contributed by atoms with Gasteiger partial charge in [0.15, 0.2) is 0 Å². The van der Waals surface area contributed by atoms with Crippen LogP contribution in [0.2, 0.25) is 0 Å². The van der Waals surface area contributed by atoms with Gasteiger partial charge < -0.3 is 0 Å². The van der Waals surface area contributed by atoms with E-state index in [0.29, 0.717) is 17.6 Å². The quantitative estimate of drug-likeness (QED) is 0.581. The highest BCUT2D eigenvalue weighted by molar-refractivity contribution is 5.91. The first kappa shape index (κ1) is 8.70. The maximum absolute atomic E-state index is 11.8. The smallest absolute Gasteiger partial charge is 0.146 e. The van der Waals surface area contributed by atoms with Gasteiger partial charge in [-0.25, -0.2) is 0 Å². The van der Waals surface area contributed by atoms with Gasteiger partial charge in [-0.05, 0) is 18.3 Å². The Balaban J connectivity index is 1.74. The number of allylic oxidation sites excluding steroid dienone is 2. The molecule has 0 aromatic rings. The van der Waals surface area contributed by atoms with Crippen LogP contribution >= 0.6 is 0 Å². The van der Waals surface area contributed by atoms with Gasteiger partial charge in [0.25, 0.3) is 0 Å². The zero-order valence-corrected chi connectivity index (χ0v) is 8.61. The van der Waals surface area contributed by atoms with E-state index in [1.54, 1.807) is 0 Å². The lowest BCUT2D eigenvalue weighted by molar-refractivity contribution is -0.121. The van der Waals surface area contributed by atoms with Gasteiger partial charge in [-0.2, -0.15) is 0 Å². The Labute approximate surface area is 85.6 Å². The van der Waals surface area contributed by atoms with E-state index in [-0.39, 0.29) is 0 Å². The van der Waals surface area contributed by atoms with Crippen LogP contribution in [0.25, 0.3) is 0 Å². The zero-order valence-electron chi connectivity index (χ0n) is 8.61. The predicted molar refractivity (Wildman–Crippen MR) is 55.8 cm³/mol. The van der Waals surface area contributed by atoms with Crippen LogP contribution in [0.4, 0.5) is 0 Å². The van der Waals surface area contributed by atoms with Gasteiger partial charge >= 0.3 is 0 Å². The van der Waals surface area contributed by atoms with Crippen molar-refractivity contribution in [3.8, 4) is 0 Å². The first-order valence-corrected chi connectivity index (χ1v) is 6.08. The van der Waals surface area contributed by atoms with E-state index in [9.17, 15) is 4.79 Å². The summed E-state index contributed by atoms with van der Waals surface area (Å²) in [5.41, 5.74) is 0. The fourth-order valence-corrected chi connectivity index (χ4v) is 3.73. The molecule has 76 valence electrons. The molecule has 0 aromatic carbocycles. The number of carbonyl (C=O) groups is 1. The minimum absolute atomic E-state index is 0.312. The Morgan fingerprint density at radius 2 is 1.86 bits per heavy atom. The van der Waals surface area contributed by atoms with Crippen molar-refractivity contribution in [2.75, 3.05) is 0 Å². The number of carbonyl (C=O) groups excluding carboxylic acids is 1. The highest BCUT2D eigenvalue weighted by Gasteiger charge is 2.46. The van der Waals surface area contributed by atoms with E-state index < -0.39 is 0 Å². The van der Waals surface area contributed by atoms with Crippen LogP contribution in [0.5, 0.6) is 0 Å². The molecule has 0 aromatic heterocycles. The van der Waals surface area contributed by atoms with Gasteiger partial charge in [0.05, 0.1) is 0 Å². The molecule has 0 amide bonds. The van der Waals surface area contributed by atoms with Gasteiger partial charge in [-0.1, -0.05) is 44.3 Å². The summed E-state index contributed by atoms with van der Waals surface area (Å²) < 4.78 is 0. The molecule has 3 aliphatic rings. The van der Waals surface area contributed by atoms with Crippen molar-refractivity contribution >= 4 is 5.78 Å². The summed E-state index contributed by atoms with van der Waals surface area (Å²) in [6, 6.07) is 0. The van der Waals surface area contributed by atoms with Gasteiger partial charge in [-0.15, -0.1) is 0 Å². The maximum Gasteiger partial charge on any atom is 0.146 e. The average Bonchev–Trinajstić information content (AvgIpc) is 2.76. The minimum Gasteiger partial charge on any atom is -0.298 e. The lowest BCUT2D eigenvalue weighted by atomic mass is 9.74. The number of rotatable bonds is 1. The van der Waals surface area contributed by atoms with Crippen LogP contribution in [0, 0.1) is 23.7 Å². The third kappa shape index (κ3) is 1.18. The van der Waals surface area contributed by atoms with Crippen molar-refractivity contribution in [1.29, 1.82) is 0 Å². The lowest BCUT2D eigenvalue weighted by Crippen LogP contribution is -2.22. The van der Waals surface area contributed by atoms with Crippen molar-refractivity contribution in [2.45, 2.75) is 38.5 Å². The minimum atomic E-state index is 0.312. The summed E-state index contributed by atoms with van der Waals surface area (Å²) in [6.45, 7) is 0. The summed E-state index contributed by atoms with van der Waals surface area (Å²) in [5.74, 6) is 2.75. The molecule has 3 unspecified atom stereocenters. The average molecular weight is 190 g/mol. The zero-order chi connectivity index (χ0) is 9.54. The third-order valence-corrected chi connectivity index (χ3v) is 4.49. The van der Waals surface area contributed by atoms with E-state index in [4.69, 9.17) is 0 Å². The van der Waals surface area contributed by atoms with Crippen molar-refractivity contribution in [1.82, 2.24) is 0 Å². The second kappa shape index (κ2) is 3.22. The molecule has 0 spiro atoms. The van der Waals surface area contributed by atoms with E-state index >= 15 is 0 Å². The van der Waals surface area contributed by atoms with Crippen molar-refractivity contribution in [2.24, 2.45) is 23.7 Å². The molecule has 0 saturated heterocycles. The summed E-state index contributed by atoms with van der Waals surface area (Å²) >= 11 is 0. The second-order valence-corrected chi connectivity index (χ2v) is 5.22. The third-order valence-electron chi connectivity index (χ3n) is 4.49. The Bertz CT molecular complexity index is 273. The fourth-order valence-electron chi connectivity index (χ4n) is 3.73. The van der Waals surface area contributed by atoms with E-state index in [2.05, 4.69) is 12.2 Å². The molecule has 1 heteroatoms. The highest BCUT2D eigenvalue weighted by Crippen LogP contribution is 2.47. The molecular weight excluding hydrogens is 172 g/mol. The van der Waals surface area contributed by atoms with Gasteiger partial charge in [0, 0.05) is 11.8 Å². The Kier molecular flexibility index (Phi) is 2.00. The molecule has 2 saturated carbocycles. The van der Waals surface area contributed by atoms with Gasteiger partial charge in [0.2, 0.25) is 0 Å². The van der Waals surface area contributed by atoms with Crippen molar-refractivity contribution in [3.05, 3.63) is 12.2 Å². The number of hydrogen-bond acceptors (Lipinski definition) is 1. The summed E-state index contributed by atoms with van der Waals surface area (Å²) in [4.78, 5) is 11.8. The Hall–Kier alpha value is -0.590. The topological polar surface area (TPSA) is 17.1 Å². The fraction of sp³-hybridized carbons (Fsp3) is 0.769. The normalized spacial score (nSPS) is 42.3. The van der Waals surface area contributed by atoms with Gasteiger partial charge in [0.1, 0.15) is 5.78 Å². The van der Waals surface area contributed by atoms with Crippen molar-refractivity contribution in [3.63, 3.8) is 0 Å². The molecule has 2 fully saturated rings. The van der Waals surface area contributed by atoms with Crippen LogP contribution in [0.1, 0.15) is 38.5 Å². The molecular formula is C13H18O. The SMILES string of the molecule is O=C1C2C=CC1C(C1CCCCC1)C2. The van der Waals surface area contributed by atoms with Crippen LogP contribution in [0.3, 0.4) is 0 Å². The van der Waals surface area contributed by atoms with E-state index in [1.807, 2.05) is 0 Å². The molecule has 14 heavy (non-hydrogen) atoms. The van der Waals surface area contributed by atoms with Gasteiger partial charge in [-0.3, -0.25) is 4.79 Å². The number of Topliss-reactive ketones (excluding diaryl/α,β-unsaturated/α-hetero) is 1. The molecule has 0 N–H and O–H groups in total. The molecule has 1 nitrogen and oxygen atoms in total. The van der Waals surface area contributed by atoms with Crippen LogP contribution in [-0.4, -0.2) is 5.78 Å². The molecule has 3 atom stereocenters. The first-order valence-electron chi connectivity index (χ1n) is 6.08. The summed E-state index contributed by atoms with van der Waals surface area (Å²) in [5, 5.41) is 0. The predicted octanol–water partition coefficient (Wildman–Crippen LogP) is 2.96. The monoisotopic (exact) mass is 190 g/mol. The summed E-state index contributed by atoms with van der Waals surface area (Å²) in [6.07, 6.45) is 12.5. The summed E-state index contributed by atoms with van der Waals surface area (Å²) in [7, 11) is 0. The lowest BCUT2D eigenvalue weighted by Gasteiger charge is -2.30. The number of ketones is 1. The maximum atomic E-state index is 11.8. The molecule has 0 aliphatic heterocycles. The molecule has 3 aliphatic carbocycles.